The van der Waals surface area contributed by atoms with Crippen molar-refractivity contribution in [2.75, 3.05) is 12.9 Å². The first-order valence-electron chi connectivity index (χ1n) is 7.59. The Hall–Kier alpha value is -2.05. The maximum absolute atomic E-state index is 12.7. The first kappa shape index (κ1) is 16.8. The zero-order chi connectivity index (χ0) is 17.1. The van der Waals surface area contributed by atoms with Crippen LogP contribution in [0.3, 0.4) is 0 Å². The van der Waals surface area contributed by atoms with E-state index in [1.165, 1.54) is 11.3 Å². The highest BCUT2D eigenvalue weighted by Crippen LogP contribution is 2.27. The van der Waals surface area contributed by atoms with E-state index in [0.29, 0.717) is 10.4 Å². The second-order valence-corrected chi connectivity index (χ2v) is 7.41. The van der Waals surface area contributed by atoms with Crippen molar-refractivity contribution in [3.8, 4) is 5.75 Å². The lowest BCUT2D eigenvalue weighted by Gasteiger charge is -2.04. The number of methoxy groups -OCH3 is 1. The van der Waals surface area contributed by atoms with Crippen molar-refractivity contribution in [1.82, 2.24) is 4.57 Å². The quantitative estimate of drug-likeness (QED) is 0.660. The van der Waals surface area contributed by atoms with Crippen molar-refractivity contribution in [3.05, 3.63) is 52.8 Å². The summed E-state index contributed by atoms with van der Waals surface area (Å²) in [5.41, 5.74) is 1.60. The molecule has 3 aromatic rings. The van der Waals surface area contributed by atoms with Crippen molar-refractivity contribution in [3.63, 3.8) is 0 Å². The number of thioether (sulfide) groups is 1. The molecule has 2 aromatic carbocycles. The van der Waals surface area contributed by atoms with Crippen molar-refractivity contribution >= 4 is 39.2 Å². The van der Waals surface area contributed by atoms with Crippen LogP contribution in [-0.4, -0.2) is 23.3 Å². The summed E-state index contributed by atoms with van der Waals surface area (Å²) < 4.78 is 8.37. The molecule has 0 saturated heterocycles. The average Bonchev–Trinajstić information content (AvgIpc) is 2.91. The summed E-state index contributed by atoms with van der Waals surface area (Å²) in [5, 5.41) is 0. The molecule has 0 aliphatic rings. The average molecular weight is 358 g/mol. The van der Waals surface area contributed by atoms with E-state index in [9.17, 15) is 4.79 Å². The molecule has 1 aromatic heterocycles. The normalized spacial score (nSPS) is 11.9. The Bertz CT molecular complexity index is 957. The fraction of sp³-hybridized carbons (Fsp3) is 0.222. The van der Waals surface area contributed by atoms with Gasteiger partial charge >= 0.3 is 0 Å². The van der Waals surface area contributed by atoms with Gasteiger partial charge in [-0.1, -0.05) is 36.5 Å². The van der Waals surface area contributed by atoms with Crippen LogP contribution >= 0.6 is 23.1 Å². The number of carbonyl (C=O) groups excluding carboxylic acids is 1. The van der Waals surface area contributed by atoms with Gasteiger partial charge in [0.15, 0.2) is 4.80 Å². The van der Waals surface area contributed by atoms with Crippen LogP contribution in [0.5, 0.6) is 5.75 Å². The Morgan fingerprint density at radius 1 is 1.25 bits per heavy atom. The van der Waals surface area contributed by atoms with Gasteiger partial charge in [-0.25, -0.2) is 0 Å². The van der Waals surface area contributed by atoms with Gasteiger partial charge in [0.2, 0.25) is 0 Å². The highest BCUT2D eigenvalue weighted by Gasteiger charge is 2.12. The van der Waals surface area contributed by atoms with Crippen LogP contribution in [0, 0.1) is 0 Å². The van der Waals surface area contributed by atoms with Gasteiger partial charge in [0.25, 0.3) is 5.91 Å². The molecule has 124 valence electrons. The topological polar surface area (TPSA) is 43.6 Å². The molecule has 0 aliphatic heterocycles. The lowest BCUT2D eigenvalue weighted by Crippen LogP contribution is -2.14. The van der Waals surface area contributed by atoms with Crippen LogP contribution < -0.4 is 9.54 Å². The van der Waals surface area contributed by atoms with Crippen molar-refractivity contribution in [2.24, 2.45) is 12.0 Å². The zero-order valence-electron chi connectivity index (χ0n) is 13.8. The fourth-order valence-corrected chi connectivity index (χ4v) is 4.34. The van der Waals surface area contributed by atoms with Gasteiger partial charge in [0.05, 0.1) is 17.4 Å². The molecule has 0 N–H and O–H groups in total. The Morgan fingerprint density at radius 3 is 2.79 bits per heavy atom. The number of para-hydroxylation sites is 1. The third-order valence-corrected chi connectivity index (χ3v) is 5.67. The minimum absolute atomic E-state index is 0.215. The molecule has 0 bridgehead atoms. The number of aromatic nitrogens is 1. The Kier molecular flexibility index (Phi) is 5.06. The van der Waals surface area contributed by atoms with E-state index in [0.717, 1.165) is 26.6 Å². The summed E-state index contributed by atoms with van der Waals surface area (Å²) in [7, 11) is 3.55. The van der Waals surface area contributed by atoms with E-state index in [2.05, 4.69) is 11.9 Å². The Morgan fingerprint density at radius 2 is 2.04 bits per heavy atom. The number of rotatable bonds is 4. The summed E-state index contributed by atoms with van der Waals surface area (Å²) in [6.07, 6.45) is 0. The molecule has 6 heteroatoms. The molecule has 0 radical (unpaired) electrons. The van der Waals surface area contributed by atoms with Crippen LogP contribution in [0.25, 0.3) is 10.2 Å². The Labute approximate surface area is 148 Å². The second kappa shape index (κ2) is 7.23. The molecule has 0 aliphatic carbocycles. The summed E-state index contributed by atoms with van der Waals surface area (Å²) in [6, 6.07) is 13.5. The minimum Gasteiger partial charge on any atom is -0.495 e. The molecular formula is C18H18N2O2S2. The minimum atomic E-state index is -0.215. The number of benzene rings is 2. The molecule has 3 rings (SSSR count). The van der Waals surface area contributed by atoms with E-state index in [1.54, 1.807) is 18.9 Å². The maximum atomic E-state index is 12.7. The SMILES string of the molecule is CCSc1ccccc1C(=O)N=c1sc2cccc(OC)c2n1C. The largest absolute Gasteiger partial charge is 0.495 e. The highest BCUT2D eigenvalue weighted by atomic mass is 32.2. The van der Waals surface area contributed by atoms with E-state index in [4.69, 9.17) is 4.74 Å². The molecule has 1 heterocycles. The predicted octanol–water partition coefficient (Wildman–Crippen LogP) is 4.10. The summed E-state index contributed by atoms with van der Waals surface area (Å²) in [4.78, 5) is 18.7. The number of amides is 1. The van der Waals surface area contributed by atoms with Crippen LogP contribution in [0.1, 0.15) is 17.3 Å². The number of fused-ring (bicyclic) bond motifs is 1. The first-order chi connectivity index (χ1) is 11.7. The van der Waals surface area contributed by atoms with Gasteiger partial charge in [-0.2, -0.15) is 4.99 Å². The van der Waals surface area contributed by atoms with Crippen molar-refractivity contribution in [2.45, 2.75) is 11.8 Å². The van der Waals surface area contributed by atoms with Crippen molar-refractivity contribution < 1.29 is 9.53 Å². The van der Waals surface area contributed by atoms with Crippen LogP contribution in [0.2, 0.25) is 0 Å². The van der Waals surface area contributed by atoms with Gasteiger partial charge in [-0.15, -0.1) is 11.8 Å². The van der Waals surface area contributed by atoms with Gasteiger partial charge < -0.3 is 9.30 Å². The summed E-state index contributed by atoms with van der Waals surface area (Å²) in [5.74, 6) is 1.48. The molecular weight excluding hydrogens is 340 g/mol. The standard InChI is InChI=1S/C18H18N2O2S2/c1-4-23-14-10-6-5-8-12(14)17(21)19-18-20(2)16-13(22-3)9-7-11-15(16)24-18/h5-11H,4H2,1-3H3. The molecule has 24 heavy (non-hydrogen) atoms. The maximum Gasteiger partial charge on any atom is 0.280 e. The molecule has 0 saturated carbocycles. The lowest BCUT2D eigenvalue weighted by molar-refractivity contribution is 0.0995. The van der Waals surface area contributed by atoms with Gasteiger partial charge in [0.1, 0.15) is 11.3 Å². The zero-order valence-corrected chi connectivity index (χ0v) is 15.4. The number of aryl methyl sites for hydroxylation is 1. The fourth-order valence-electron chi connectivity index (χ4n) is 2.51. The van der Waals surface area contributed by atoms with Gasteiger partial charge in [0, 0.05) is 11.9 Å². The number of hydrogen-bond donors (Lipinski definition) is 0. The van der Waals surface area contributed by atoms with Crippen LogP contribution in [0.15, 0.2) is 52.4 Å². The van der Waals surface area contributed by atoms with E-state index >= 15 is 0 Å². The molecule has 0 unspecified atom stereocenters. The molecule has 0 atom stereocenters. The predicted molar refractivity (Wildman–Crippen MR) is 100 cm³/mol. The van der Waals surface area contributed by atoms with Gasteiger partial charge in [-0.05, 0) is 30.0 Å². The van der Waals surface area contributed by atoms with E-state index in [1.807, 2.05) is 54.1 Å². The third-order valence-electron chi connectivity index (χ3n) is 3.62. The highest BCUT2D eigenvalue weighted by molar-refractivity contribution is 7.99. The third kappa shape index (κ3) is 3.12. The molecule has 1 amide bonds. The van der Waals surface area contributed by atoms with E-state index in [-0.39, 0.29) is 5.91 Å². The number of carbonyl (C=O) groups is 1. The molecule has 0 fully saturated rings. The van der Waals surface area contributed by atoms with Gasteiger partial charge in [-0.3, -0.25) is 4.79 Å². The number of ether oxygens (including phenoxy) is 1. The number of hydrogen-bond acceptors (Lipinski definition) is 4. The first-order valence-corrected chi connectivity index (χ1v) is 9.39. The van der Waals surface area contributed by atoms with Crippen molar-refractivity contribution in [1.29, 1.82) is 0 Å². The van der Waals surface area contributed by atoms with Crippen LogP contribution in [-0.2, 0) is 7.05 Å². The van der Waals surface area contributed by atoms with E-state index < -0.39 is 0 Å². The molecule has 4 nitrogen and oxygen atoms in total. The second-order valence-electron chi connectivity index (χ2n) is 5.10. The van der Waals surface area contributed by atoms with Crippen LogP contribution in [0.4, 0.5) is 0 Å². The summed E-state index contributed by atoms with van der Waals surface area (Å²) >= 11 is 3.14. The monoisotopic (exact) mass is 358 g/mol. The Balaban J connectivity index is 2.11. The molecule has 0 spiro atoms. The lowest BCUT2D eigenvalue weighted by atomic mass is 10.2. The number of thiazole rings is 1. The smallest absolute Gasteiger partial charge is 0.280 e. The number of nitrogens with zero attached hydrogens (tertiary/aromatic N) is 2. The summed E-state index contributed by atoms with van der Waals surface area (Å²) in [6.45, 7) is 2.07.